The molecule has 1 atom stereocenters. The third-order valence-corrected chi connectivity index (χ3v) is 5.42. The van der Waals surface area contributed by atoms with Crippen molar-refractivity contribution in [2.75, 3.05) is 6.61 Å². The number of hydrogen-bond acceptors (Lipinski definition) is 3. The molecule has 0 spiro atoms. The van der Waals surface area contributed by atoms with E-state index in [4.69, 9.17) is 9.84 Å². The average molecular weight is 414 g/mol. The molecule has 2 N–H and O–H groups in total. The first-order valence-electron chi connectivity index (χ1n) is 12.3. The number of ether oxygens (including phenoxy) is 1. The number of unbranched alkanes of at least 4 members (excludes halogenated alkanes) is 15. The van der Waals surface area contributed by atoms with Gasteiger partial charge in [0.15, 0.2) is 0 Å². The lowest BCUT2D eigenvalue weighted by Gasteiger charge is -2.15. The number of carbonyl (C=O) groups is 2. The van der Waals surface area contributed by atoms with Gasteiger partial charge in [0.1, 0.15) is 6.04 Å². The molecule has 0 aromatic carbocycles. The number of carboxylic acid groups (broad SMARTS) is 1. The summed E-state index contributed by atoms with van der Waals surface area (Å²) in [5, 5.41) is 11.2. The molecule has 0 fully saturated rings. The average Bonchev–Trinajstić information content (AvgIpc) is 2.69. The van der Waals surface area contributed by atoms with E-state index in [-0.39, 0.29) is 0 Å². The van der Waals surface area contributed by atoms with Gasteiger partial charge in [0.25, 0.3) is 0 Å². The summed E-state index contributed by atoms with van der Waals surface area (Å²) in [4.78, 5) is 22.9. The minimum Gasteiger partial charge on any atom is -0.465 e. The van der Waals surface area contributed by atoms with Gasteiger partial charge in [-0.2, -0.15) is 0 Å². The van der Waals surface area contributed by atoms with Crippen LogP contribution < -0.4 is 5.32 Å². The second-order valence-corrected chi connectivity index (χ2v) is 8.26. The Labute approximate surface area is 179 Å². The number of amides is 1. The van der Waals surface area contributed by atoms with E-state index in [1.165, 1.54) is 77.0 Å². The van der Waals surface area contributed by atoms with Crippen LogP contribution in [-0.2, 0) is 9.53 Å². The van der Waals surface area contributed by atoms with Crippen LogP contribution in [0.4, 0.5) is 4.79 Å². The van der Waals surface area contributed by atoms with Crippen molar-refractivity contribution >= 4 is 12.1 Å². The third-order valence-electron chi connectivity index (χ3n) is 5.42. The zero-order valence-electron chi connectivity index (χ0n) is 19.2. The Kier molecular flexibility index (Phi) is 20.5. The molecule has 5 heteroatoms. The van der Waals surface area contributed by atoms with Crippen LogP contribution in [0.5, 0.6) is 0 Å². The fourth-order valence-corrected chi connectivity index (χ4v) is 3.57. The molecule has 1 amide bonds. The summed E-state index contributed by atoms with van der Waals surface area (Å²) in [7, 11) is 0. The third kappa shape index (κ3) is 19.8. The van der Waals surface area contributed by atoms with Crippen molar-refractivity contribution in [1.82, 2.24) is 5.32 Å². The topological polar surface area (TPSA) is 75.6 Å². The summed E-state index contributed by atoms with van der Waals surface area (Å²) in [6.45, 7) is 4.73. The van der Waals surface area contributed by atoms with E-state index in [1.807, 2.05) is 0 Å². The van der Waals surface area contributed by atoms with Gasteiger partial charge in [0, 0.05) is 0 Å². The SMILES string of the molecule is CCCCCCCCCCCCCCCCOC(=O)C(CCCCC)NC(=O)O. The number of carbonyl (C=O) groups excluding carboxylic acids is 1. The lowest BCUT2D eigenvalue weighted by Crippen LogP contribution is -2.41. The van der Waals surface area contributed by atoms with Crippen LogP contribution in [0.3, 0.4) is 0 Å². The Morgan fingerprint density at radius 1 is 0.690 bits per heavy atom. The molecule has 0 aromatic heterocycles. The van der Waals surface area contributed by atoms with Gasteiger partial charge >= 0.3 is 12.1 Å². The zero-order valence-corrected chi connectivity index (χ0v) is 19.2. The van der Waals surface area contributed by atoms with E-state index in [9.17, 15) is 9.59 Å². The molecule has 172 valence electrons. The van der Waals surface area contributed by atoms with E-state index in [0.29, 0.717) is 13.0 Å². The standard InChI is InChI=1S/C24H47NO4/c1-3-5-7-8-9-10-11-12-13-14-15-16-17-19-21-29-23(26)22(25-24(27)28)20-18-6-4-2/h22,25H,3-21H2,1-2H3,(H,27,28). The Morgan fingerprint density at radius 3 is 1.55 bits per heavy atom. The predicted molar refractivity (Wildman–Crippen MR) is 120 cm³/mol. The van der Waals surface area contributed by atoms with Gasteiger partial charge in [-0.25, -0.2) is 9.59 Å². The molecule has 0 saturated heterocycles. The summed E-state index contributed by atoms with van der Waals surface area (Å²) >= 11 is 0. The molecule has 29 heavy (non-hydrogen) atoms. The number of hydrogen-bond donors (Lipinski definition) is 2. The number of esters is 1. The smallest absolute Gasteiger partial charge is 0.405 e. The maximum absolute atomic E-state index is 12.1. The van der Waals surface area contributed by atoms with E-state index < -0.39 is 18.1 Å². The van der Waals surface area contributed by atoms with Crippen molar-refractivity contribution in [2.45, 2.75) is 135 Å². The monoisotopic (exact) mass is 413 g/mol. The highest BCUT2D eigenvalue weighted by Crippen LogP contribution is 2.13. The Hall–Kier alpha value is -1.26. The summed E-state index contributed by atoms with van der Waals surface area (Å²) in [5.74, 6) is -0.432. The van der Waals surface area contributed by atoms with Crippen LogP contribution in [0.2, 0.25) is 0 Å². The lowest BCUT2D eigenvalue weighted by molar-refractivity contribution is -0.146. The van der Waals surface area contributed by atoms with Crippen LogP contribution in [0.25, 0.3) is 0 Å². The highest BCUT2D eigenvalue weighted by atomic mass is 16.5. The van der Waals surface area contributed by atoms with Gasteiger partial charge in [0.2, 0.25) is 0 Å². The van der Waals surface area contributed by atoms with Crippen molar-refractivity contribution in [2.24, 2.45) is 0 Å². The molecule has 0 bridgehead atoms. The van der Waals surface area contributed by atoms with Gasteiger partial charge < -0.3 is 15.2 Å². The quantitative estimate of drug-likeness (QED) is 0.154. The molecule has 1 unspecified atom stereocenters. The minimum absolute atomic E-state index is 0.391. The summed E-state index contributed by atoms with van der Waals surface area (Å²) in [6.07, 6.45) is 20.3. The molecule has 0 aliphatic rings. The highest BCUT2D eigenvalue weighted by Gasteiger charge is 2.21. The maximum atomic E-state index is 12.1. The van der Waals surface area contributed by atoms with Gasteiger partial charge in [-0.3, -0.25) is 0 Å². The van der Waals surface area contributed by atoms with Crippen molar-refractivity contribution in [3.8, 4) is 0 Å². The number of nitrogens with one attached hydrogen (secondary N) is 1. The van der Waals surface area contributed by atoms with Crippen molar-refractivity contribution in [1.29, 1.82) is 0 Å². The first kappa shape index (κ1) is 27.7. The minimum atomic E-state index is -1.17. The van der Waals surface area contributed by atoms with E-state index in [1.54, 1.807) is 0 Å². The Balaban J connectivity index is 3.51. The van der Waals surface area contributed by atoms with Crippen LogP contribution in [0, 0.1) is 0 Å². The summed E-state index contributed by atoms with van der Waals surface area (Å²) in [5.41, 5.74) is 0. The van der Waals surface area contributed by atoms with Crippen molar-refractivity contribution < 1.29 is 19.4 Å². The second-order valence-electron chi connectivity index (χ2n) is 8.26. The first-order chi connectivity index (χ1) is 14.1. The van der Waals surface area contributed by atoms with Crippen LogP contribution >= 0.6 is 0 Å². The molecule has 0 aliphatic heterocycles. The zero-order chi connectivity index (χ0) is 21.6. The molecule has 0 aliphatic carbocycles. The summed E-state index contributed by atoms with van der Waals surface area (Å²) in [6, 6.07) is -0.731. The van der Waals surface area contributed by atoms with Crippen molar-refractivity contribution in [3.05, 3.63) is 0 Å². The first-order valence-corrected chi connectivity index (χ1v) is 12.3. The van der Waals surface area contributed by atoms with E-state index >= 15 is 0 Å². The fraction of sp³-hybridized carbons (Fsp3) is 0.917. The molecule has 0 heterocycles. The predicted octanol–water partition coefficient (Wildman–Crippen LogP) is 7.23. The molecule has 0 saturated carbocycles. The van der Waals surface area contributed by atoms with E-state index in [0.717, 1.165) is 32.1 Å². The molecule has 0 aromatic rings. The molecule has 0 radical (unpaired) electrons. The molecule has 5 nitrogen and oxygen atoms in total. The van der Waals surface area contributed by atoms with E-state index in [2.05, 4.69) is 19.2 Å². The fourth-order valence-electron chi connectivity index (χ4n) is 3.57. The molecule has 0 rings (SSSR count). The van der Waals surface area contributed by atoms with Gasteiger partial charge in [0.05, 0.1) is 6.61 Å². The normalized spacial score (nSPS) is 11.9. The largest absolute Gasteiger partial charge is 0.465 e. The van der Waals surface area contributed by atoms with Crippen molar-refractivity contribution in [3.63, 3.8) is 0 Å². The molecular formula is C24H47NO4. The Bertz CT molecular complexity index is 387. The lowest BCUT2D eigenvalue weighted by atomic mass is 10.0. The maximum Gasteiger partial charge on any atom is 0.405 e. The van der Waals surface area contributed by atoms with Gasteiger partial charge in [-0.05, 0) is 12.8 Å². The summed E-state index contributed by atoms with van der Waals surface area (Å²) < 4.78 is 5.28. The van der Waals surface area contributed by atoms with Crippen LogP contribution in [0.15, 0.2) is 0 Å². The van der Waals surface area contributed by atoms with Gasteiger partial charge in [-0.15, -0.1) is 0 Å². The second kappa shape index (κ2) is 21.4. The van der Waals surface area contributed by atoms with Crippen LogP contribution in [0.1, 0.15) is 129 Å². The highest BCUT2D eigenvalue weighted by molar-refractivity contribution is 5.80. The van der Waals surface area contributed by atoms with Gasteiger partial charge in [-0.1, -0.05) is 117 Å². The Morgan fingerprint density at radius 2 is 1.10 bits per heavy atom. The van der Waals surface area contributed by atoms with Crippen LogP contribution in [-0.4, -0.2) is 29.8 Å². The number of rotatable bonds is 21. The molecular weight excluding hydrogens is 366 g/mol.